The predicted molar refractivity (Wildman–Crippen MR) is 131 cm³/mol. The number of thioether (sulfide) groups is 1. The Kier molecular flexibility index (Phi) is 6.78. The van der Waals surface area contributed by atoms with E-state index in [1.165, 1.54) is 5.56 Å². The molecule has 4 rings (SSSR count). The number of halogens is 3. The van der Waals surface area contributed by atoms with Crippen LogP contribution in [0, 0.1) is 6.92 Å². The van der Waals surface area contributed by atoms with Gasteiger partial charge in [-0.2, -0.15) is 0 Å². The molecular formula is C23H18Br2ClNO2S. The second kappa shape index (κ2) is 9.35. The van der Waals surface area contributed by atoms with Crippen LogP contribution in [-0.4, -0.2) is 11.7 Å². The minimum absolute atomic E-state index is 0.0827. The fourth-order valence-corrected chi connectivity index (χ4v) is 5.98. The second-order valence-corrected chi connectivity index (χ2v) is 10.2. The van der Waals surface area contributed by atoms with Crippen molar-refractivity contribution in [1.82, 2.24) is 0 Å². The Bertz CT molecular complexity index is 1050. The topological polar surface area (TPSA) is 29.5 Å². The summed E-state index contributed by atoms with van der Waals surface area (Å²) < 4.78 is 7.75. The number of carbonyl (C=O) groups excluding carboxylic acids is 1. The second-order valence-electron chi connectivity index (χ2n) is 6.99. The average molecular weight is 568 g/mol. The quantitative estimate of drug-likeness (QED) is 0.319. The largest absolute Gasteiger partial charge is 0.487 e. The number of nitrogens with zero attached hydrogens (tertiary/aromatic N) is 1. The third-order valence-electron chi connectivity index (χ3n) is 4.78. The highest BCUT2D eigenvalue weighted by molar-refractivity contribution is 9.11. The van der Waals surface area contributed by atoms with Crippen molar-refractivity contribution in [2.24, 2.45) is 0 Å². The van der Waals surface area contributed by atoms with E-state index in [1.54, 1.807) is 23.9 Å². The summed E-state index contributed by atoms with van der Waals surface area (Å²) in [7, 11) is 0. The minimum Gasteiger partial charge on any atom is -0.487 e. The molecule has 1 amide bonds. The maximum Gasteiger partial charge on any atom is 0.238 e. The van der Waals surface area contributed by atoms with Gasteiger partial charge in [0.05, 0.1) is 14.7 Å². The van der Waals surface area contributed by atoms with Crippen LogP contribution in [0.5, 0.6) is 5.75 Å². The van der Waals surface area contributed by atoms with Gasteiger partial charge in [0.2, 0.25) is 5.91 Å². The monoisotopic (exact) mass is 565 g/mol. The number of rotatable bonds is 5. The van der Waals surface area contributed by atoms with E-state index in [1.807, 2.05) is 29.2 Å². The Balaban J connectivity index is 1.58. The number of aryl methyl sites for hydroxylation is 1. The van der Waals surface area contributed by atoms with E-state index < -0.39 is 0 Å². The zero-order valence-corrected chi connectivity index (χ0v) is 20.8. The van der Waals surface area contributed by atoms with Gasteiger partial charge in [-0.05, 0) is 86.3 Å². The Hall–Kier alpha value is -1.47. The van der Waals surface area contributed by atoms with Crippen LogP contribution in [0.3, 0.4) is 0 Å². The van der Waals surface area contributed by atoms with Crippen LogP contribution in [0.4, 0.5) is 5.69 Å². The predicted octanol–water partition coefficient (Wildman–Crippen LogP) is 7.53. The molecule has 1 fully saturated rings. The van der Waals surface area contributed by atoms with Gasteiger partial charge in [-0.1, -0.05) is 41.4 Å². The molecule has 1 atom stereocenters. The molecule has 0 bridgehead atoms. The van der Waals surface area contributed by atoms with Gasteiger partial charge in [-0.15, -0.1) is 11.8 Å². The lowest BCUT2D eigenvalue weighted by molar-refractivity contribution is -0.115. The molecule has 7 heteroatoms. The van der Waals surface area contributed by atoms with Crippen molar-refractivity contribution in [2.75, 3.05) is 10.7 Å². The van der Waals surface area contributed by atoms with Crippen LogP contribution >= 0.6 is 55.2 Å². The third-order valence-corrected chi connectivity index (χ3v) is 7.42. The van der Waals surface area contributed by atoms with Crippen molar-refractivity contribution >= 4 is 66.8 Å². The van der Waals surface area contributed by atoms with E-state index in [4.69, 9.17) is 16.3 Å². The molecule has 1 heterocycles. The molecule has 30 heavy (non-hydrogen) atoms. The lowest BCUT2D eigenvalue weighted by Crippen LogP contribution is -2.27. The van der Waals surface area contributed by atoms with Gasteiger partial charge in [-0.3, -0.25) is 9.69 Å². The fourth-order valence-electron chi connectivity index (χ4n) is 3.25. The first-order valence-corrected chi connectivity index (χ1v) is 12.3. The van der Waals surface area contributed by atoms with E-state index in [-0.39, 0.29) is 11.3 Å². The van der Waals surface area contributed by atoms with E-state index in [9.17, 15) is 4.79 Å². The molecule has 0 spiro atoms. The van der Waals surface area contributed by atoms with Crippen molar-refractivity contribution < 1.29 is 9.53 Å². The highest BCUT2D eigenvalue weighted by Gasteiger charge is 2.34. The standard InChI is InChI=1S/C23H18Br2ClNO2S/c1-14-2-4-15(5-3-14)12-29-22-19(24)10-16(11-20(22)25)23-27(21(28)13-30-23)18-8-6-17(26)7-9-18/h2-11,23H,12-13H2,1H3/t23-/m1/s1. The molecular weight excluding hydrogens is 550 g/mol. The van der Waals surface area contributed by atoms with Crippen LogP contribution in [0.2, 0.25) is 5.02 Å². The van der Waals surface area contributed by atoms with Crippen molar-refractivity contribution in [3.8, 4) is 5.75 Å². The zero-order chi connectivity index (χ0) is 21.3. The number of hydrogen-bond donors (Lipinski definition) is 0. The SMILES string of the molecule is Cc1ccc(COc2c(Br)cc([C@H]3SCC(=O)N3c3ccc(Cl)cc3)cc2Br)cc1. The first kappa shape index (κ1) is 21.8. The highest BCUT2D eigenvalue weighted by atomic mass is 79.9. The van der Waals surface area contributed by atoms with E-state index in [0.29, 0.717) is 17.4 Å². The summed E-state index contributed by atoms with van der Waals surface area (Å²) in [6.45, 7) is 2.54. The van der Waals surface area contributed by atoms with Crippen LogP contribution in [0.15, 0.2) is 69.6 Å². The van der Waals surface area contributed by atoms with E-state index >= 15 is 0 Å². The van der Waals surface area contributed by atoms with Crippen molar-refractivity contribution in [3.63, 3.8) is 0 Å². The van der Waals surface area contributed by atoms with Crippen LogP contribution < -0.4 is 9.64 Å². The molecule has 1 aliphatic rings. The van der Waals surface area contributed by atoms with Gasteiger partial charge in [-0.25, -0.2) is 0 Å². The fraction of sp³-hybridized carbons (Fsp3) is 0.174. The molecule has 0 aromatic heterocycles. The molecule has 0 radical (unpaired) electrons. The van der Waals surface area contributed by atoms with Gasteiger partial charge in [0.15, 0.2) is 0 Å². The third kappa shape index (κ3) is 4.72. The van der Waals surface area contributed by atoms with Gasteiger partial charge in [0.25, 0.3) is 0 Å². The Morgan fingerprint density at radius 1 is 1.07 bits per heavy atom. The number of carbonyl (C=O) groups is 1. The summed E-state index contributed by atoms with van der Waals surface area (Å²) in [5, 5.41) is 0.535. The summed E-state index contributed by atoms with van der Waals surface area (Å²) in [5.74, 6) is 1.26. The van der Waals surface area contributed by atoms with Crippen LogP contribution in [0.25, 0.3) is 0 Å². The van der Waals surface area contributed by atoms with E-state index in [0.717, 1.165) is 31.5 Å². The van der Waals surface area contributed by atoms with Crippen LogP contribution in [0.1, 0.15) is 22.1 Å². The number of amides is 1. The lowest BCUT2D eigenvalue weighted by Gasteiger charge is -2.25. The molecule has 3 nitrogen and oxygen atoms in total. The average Bonchev–Trinajstić information content (AvgIpc) is 3.11. The van der Waals surface area contributed by atoms with Crippen LogP contribution in [-0.2, 0) is 11.4 Å². The first-order valence-electron chi connectivity index (χ1n) is 9.29. The molecule has 3 aromatic carbocycles. The summed E-state index contributed by atoms with van der Waals surface area (Å²) in [6, 6.07) is 19.7. The van der Waals surface area contributed by atoms with Gasteiger partial charge in [0, 0.05) is 10.7 Å². The lowest BCUT2D eigenvalue weighted by atomic mass is 10.1. The molecule has 3 aromatic rings. The summed E-state index contributed by atoms with van der Waals surface area (Å²) in [5.41, 5.74) is 4.18. The Morgan fingerprint density at radius 2 is 1.70 bits per heavy atom. The normalized spacial score (nSPS) is 16.2. The maximum absolute atomic E-state index is 12.6. The summed E-state index contributed by atoms with van der Waals surface area (Å²) in [4.78, 5) is 14.4. The Labute approximate surface area is 202 Å². The maximum atomic E-state index is 12.6. The molecule has 1 aliphatic heterocycles. The molecule has 1 saturated heterocycles. The molecule has 0 aliphatic carbocycles. The minimum atomic E-state index is -0.113. The zero-order valence-electron chi connectivity index (χ0n) is 16.1. The number of hydrogen-bond acceptors (Lipinski definition) is 3. The number of anilines is 1. The smallest absolute Gasteiger partial charge is 0.238 e. The Morgan fingerprint density at radius 3 is 2.33 bits per heavy atom. The molecule has 0 saturated carbocycles. The van der Waals surface area contributed by atoms with Crippen molar-refractivity contribution in [2.45, 2.75) is 18.9 Å². The number of ether oxygens (including phenoxy) is 1. The summed E-state index contributed by atoms with van der Waals surface area (Å²) in [6.07, 6.45) is 0. The van der Waals surface area contributed by atoms with Gasteiger partial charge >= 0.3 is 0 Å². The number of benzene rings is 3. The van der Waals surface area contributed by atoms with Crippen molar-refractivity contribution in [1.29, 1.82) is 0 Å². The first-order chi connectivity index (χ1) is 14.4. The molecule has 154 valence electrons. The van der Waals surface area contributed by atoms with Crippen molar-refractivity contribution in [3.05, 3.63) is 91.3 Å². The summed E-state index contributed by atoms with van der Waals surface area (Å²) >= 11 is 14.9. The van der Waals surface area contributed by atoms with E-state index in [2.05, 4.69) is 63.0 Å². The highest BCUT2D eigenvalue weighted by Crippen LogP contribution is 2.45. The molecule has 0 N–H and O–H groups in total. The van der Waals surface area contributed by atoms with Gasteiger partial charge < -0.3 is 4.74 Å². The molecule has 0 unspecified atom stereocenters. The van der Waals surface area contributed by atoms with Gasteiger partial charge in [0.1, 0.15) is 17.7 Å².